The Hall–Kier alpha value is -2.85. The maximum atomic E-state index is 13.1. The van der Waals surface area contributed by atoms with Crippen LogP contribution >= 0.6 is 0 Å². The fraction of sp³-hybridized carbons (Fsp3) is 0.333. The quantitative estimate of drug-likeness (QED) is 0.552. The third-order valence-electron chi connectivity index (χ3n) is 6.73. The summed E-state index contributed by atoms with van der Waals surface area (Å²) < 4.78 is 19.4. The predicted octanol–water partition coefficient (Wildman–Crippen LogP) is 5.31. The zero-order valence-electron chi connectivity index (χ0n) is 17.6. The van der Waals surface area contributed by atoms with E-state index in [2.05, 4.69) is 35.2 Å². The van der Waals surface area contributed by atoms with Gasteiger partial charge in [-0.3, -0.25) is 4.90 Å². The van der Waals surface area contributed by atoms with Gasteiger partial charge in [0.05, 0.1) is 0 Å². The number of halogens is 1. The number of aromatic hydroxyl groups is 1. The second-order valence-electron chi connectivity index (χ2n) is 8.89. The Kier molecular flexibility index (Phi) is 5.41. The number of hydrogen-bond acceptors (Lipinski definition) is 3. The van der Waals surface area contributed by atoms with E-state index in [1.165, 1.54) is 23.3 Å². The van der Waals surface area contributed by atoms with E-state index in [-0.39, 0.29) is 23.1 Å². The number of fused-ring (bicyclic) bond motifs is 4. The molecule has 4 heteroatoms. The highest BCUT2D eigenvalue weighted by Gasteiger charge is 2.48. The number of benzene rings is 3. The van der Waals surface area contributed by atoms with Crippen molar-refractivity contribution in [3.63, 3.8) is 0 Å². The van der Waals surface area contributed by atoms with Gasteiger partial charge in [-0.05, 0) is 67.3 Å². The molecule has 1 saturated heterocycles. The molecule has 0 spiro atoms. The SMILES string of the molecule is Oc1ccc2c(c1)C1(c3ccccc3)CC(CN(CCCCc3ccc(F)cc3)C1)O2. The van der Waals surface area contributed by atoms with Crippen molar-refractivity contribution >= 4 is 0 Å². The van der Waals surface area contributed by atoms with Crippen LogP contribution in [0.1, 0.15) is 36.0 Å². The van der Waals surface area contributed by atoms with Gasteiger partial charge in [-0.15, -0.1) is 0 Å². The molecule has 3 nitrogen and oxygen atoms in total. The van der Waals surface area contributed by atoms with Crippen LogP contribution in [0.3, 0.4) is 0 Å². The molecule has 3 aromatic rings. The fourth-order valence-corrected chi connectivity index (χ4v) is 5.31. The lowest BCUT2D eigenvalue weighted by molar-refractivity contribution is 0.0299. The first kappa shape index (κ1) is 20.1. The van der Waals surface area contributed by atoms with Crippen molar-refractivity contribution < 1.29 is 14.2 Å². The molecule has 0 saturated carbocycles. The first-order chi connectivity index (χ1) is 15.1. The monoisotopic (exact) mass is 417 g/mol. The molecular weight excluding hydrogens is 389 g/mol. The average Bonchev–Trinajstić information content (AvgIpc) is 2.79. The smallest absolute Gasteiger partial charge is 0.124 e. The van der Waals surface area contributed by atoms with Crippen molar-refractivity contribution in [3.8, 4) is 11.5 Å². The molecule has 31 heavy (non-hydrogen) atoms. The number of nitrogens with zero attached hydrogens (tertiary/aromatic N) is 1. The molecule has 0 aliphatic carbocycles. The molecule has 0 aromatic heterocycles. The summed E-state index contributed by atoms with van der Waals surface area (Å²) in [6, 6.07) is 23.0. The average molecular weight is 418 g/mol. The highest BCUT2D eigenvalue weighted by Crippen LogP contribution is 2.49. The van der Waals surface area contributed by atoms with Crippen molar-refractivity contribution in [3.05, 3.63) is 95.3 Å². The Morgan fingerprint density at radius 1 is 1.00 bits per heavy atom. The molecule has 0 radical (unpaired) electrons. The minimum Gasteiger partial charge on any atom is -0.508 e. The maximum absolute atomic E-state index is 13.1. The second-order valence-corrected chi connectivity index (χ2v) is 8.89. The van der Waals surface area contributed by atoms with Crippen LogP contribution in [0.5, 0.6) is 11.5 Å². The lowest BCUT2D eigenvalue weighted by atomic mass is 9.67. The van der Waals surface area contributed by atoms with E-state index in [0.29, 0.717) is 0 Å². The Morgan fingerprint density at radius 3 is 2.61 bits per heavy atom. The van der Waals surface area contributed by atoms with E-state index in [1.807, 2.05) is 24.3 Å². The molecule has 1 N–H and O–H groups in total. The summed E-state index contributed by atoms with van der Waals surface area (Å²) in [4.78, 5) is 2.51. The summed E-state index contributed by atoms with van der Waals surface area (Å²) in [5, 5.41) is 10.2. The predicted molar refractivity (Wildman–Crippen MR) is 120 cm³/mol. The van der Waals surface area contributed by atoms with Crippen LogP contribution in [0.4, 0.5) is 4.39 Å². The van der Waals surface area contributed by atoms with Gasteiger partial charge in [0.25, 0.3) is 0 Å². The van der Waals surface area contributed by atoms with E-state index >= 15 is 0 Å². The van der Waals surface area contributed by atoms with Gasteiger partial charge < -0.3 is 9.84 Å². The summed E-state index contributed by atoms with van der Waals surface area (Å²) in [6.45, 7) is 2.85. The van der Waals surface area contributed by atoms with Crippen LogP contribution in [0.25, 0.3) is 0 Å². The normalized spacial score (nSPS) is 22.5. The number of phenols is 1. The highest BCUT2D eigenvalue weighted by atomic mass is 19.1. The molecule has 5 rings (SSSR count). The molecule has 2 aliphatic heterocycles. The lowest BCUT2D eigenvalue weighted by Crippen LogP contribution is -2.56. The summed E-state index contributed by atoms with van der Waals surface area (Å²) >= 11 is 0. The summed E-state index contributed by atoms with van der Waals surface area (Å²) in [5.41, 5.74) is 3.38. The highest BCUT2D eigenvalue weighted by molar-refractivity contribution is 5.53. The van der Waals surface area contributed by atoms with Crippen molar-refractivity contribution in [1.82, 2.24) is 4.90 Å². The van der Waals surface area contributed by atoms with Gasteiger partial charge in [0.15, 0.2) is 0 Å². The van der Waals surface area contributed by atoms with Gasteiger partial charge in [0.2, 0.25) is 0 Å². The molecule has 1 fully saturated rings. The molecule has 2 bridgehead atoms. The number of piperidine rings is 1. The largest absolute Gasteiger partial charge is 0.508 e. The van der Waals surface area contributed by atoms with Crippen LogP contribution < -0.4 is 4.74 Å². The van der Waals surface area contributed by atoms with Gasteiger partial charge in [-0.1, -0.05) is 42.5 Å². The number of likely N-dealkylation sites (tertiary alicyclic amines) is 1. The van der Waals surface area contributed by atoms with Crippen molar-refractivity contribution in [2.45, 2.75) is 37.2 Å². The van der Waals surface area contributed by atoms with Crippen molar-refractivity contribution in [2.24, 2.45) is 0 Å². The van der Waals surface area contributed by atoms with Crippen LogP contribution in [0.2, 0.25) is 0 Å². The van der Waals surface area contributed by atoms with Crippen LogP contribution in [-0.4, -0.2) is 35.7 Å². The van der Waals surface area contributed by atoms with Crippen molar-refractivity contribution in [1.29, 1.82) is 0 Å². The zero-order valence-corrected chi connectivity index (χ0v) is 17.6. The number of rotatable bonds is 6. The van der Waals surface area contributed by atoms with E-state index in [4.69, 9.17) is 4.74 Å². The number of unbranched alkanes of at least 4 members (excludes halogenated alkanes) is 1. The summed E-state index contributed by atoms with van der Waals surface area (Å²) in [5.74, 6) is 1.00. The minimum atomic E-state index is -0.180. The molecule has 0 amide bonds. The number of ether oxygens (including phenoxy) is 1. The zero-order chi connectivity index (χ0) is 21.3. The molecule has 2 heterocycles. The fourth-order valence-electron chi connectivity index (χ4n) is 5.31. The molecule has 2 atom stereocenters. The van der Waals surface area contributed by atoms with E-state index in [0.717, 1.165) is 56.6 Å². The van der Waals surface area contributed by atoms with Gasteiger partial charge >= 0.3 is 0 Å². The summed E-state index contributed by atoms with van der Waals surface area (Å²) in [6.07, 6.45) is 4.20. The number of hydrogen-bond donors (Lipinski definition) is 1. The van der Waals surface area contributed by atoms with Crippen LogP contribution in [0.15, 0.2) is 72.8 Å². The molecular formula is C27H28FNO2. The Labute approximate surface area is 183 Å². The van der Waals surface area contributed by atoms with Crippen LogP contribution in [0, 0.1) is 5.82 Å². The van der Waals surface area contributed by atoms with E-state index in [9.17, 15) is 9.50 Å². The molecule has 2 aliphatic rings. The van der Waals surface area contributed by atoms with Crippen molar-refractivity contribution in [2.75, 3.05) is 19.6 Å². The summed E-state index contributed by atoms with van der Waals surface area (Å²) in [7, 11) is 0. The lowest BCUT2D eigenvalue weighted by Gasteiger charge is -2.50. The Morgan fingerprint density at radius 2 is 1.81 bits per heavy atom. The van der Waals surface area contributed by atoms with E-state index in [1.54, 1.807) is 6.07 Å². The van der Waals surface area contributed by atoms with Crippen LogP contribution in [-0.2, 0) is 11.8 Å². The third kappa shape index (κ3) is 4.05. The molecule has 3 aromatic carbocycles. The van der Waals surface area contributed by atoms with Gasteiger partial charge in [-0.2, -0.15) is 0 Å². The Balaban J connectivity index is 1.34. The second kappa shape index (κ2) is 8.35. The van der Waals surface area contributed by atoms with Gasteiger partial charge in [-0.25, -0.2) is 4.39 Å². The van der Waals surface area contributed by atoms with Gasteiger partial charge in [0, 0.05) is 30.5 Å². The standard InChI is InChI=1S/C27H28FNO2/c28-22-11-9-20(10-12-22)6-4-5-15-29-18-24-17-27(19-29,21-7-2-1-3-8-21)25-16-23(30)13-14-26(25)31-24/h1-3,7-14,16,24,30H,4-6,15,17-19H2. The van der Waals surface area contributed by atoms with Gasteiger partial charge in [0.1, 0.15) is 23.4 Å². The number of phenolic OH excluding ortho intramolecular Hbond substituents is 1. The molecule has 160 valence electrons. The maximum Gasteiger partial charge on any atom is 0.124 e. The first-order valence-corrected chi connectivity index (χ1v) is 11.1. The first-order valence-electron chi connectivity index (χ1n) is 11.1. The minimum absolute atomic E-state index is 0.142. The van der Waals surface area contributed by atoms with E-state index < -0.39 is 0 Å². The third-order valence-corrected chi connectivity index (χ3v) is 6.73. The molecule has 2 unspecified atom stereocenters. The number of aryl methyl sites for hydroxylation is 1. The Bertz CT molecular complexity index is 1040. The topological polar surface area (TPSA) is 32.7 Å².